The van der Waals surface area contributed by atoms with E-state index in [2.05, 4.69) is 4.98 Å². The summed E-state index contributed by atoms with van der Waals surface area (Å²) in [5, 5.41) is 11.2. The first-order chi connectivity index (χ1) is 4.88. The molecule has 0 aliphatic rings. The summed E-state index contributed by atoms with van der Waals surface area (Å²) in [6.45, 7) is 0. The van der Waals surface area contributed by atoms with Crippen LogP contribution in [-0.2, 0) is 0 Å². The smallest absolute Gasteiger partial charge is 0.124 e. The molecule has 0 radical (unpaired) electrons. The average molecular weight is 295 g/mol. The molecule has 0 aliphatic carbocycles. The molecule has 1 aromatic carbocycles. The Morgan fingerprint density at radius 3 is 2.50 bits per heavy atom. The highest BCUT2D eigenvalue weighted by molar-refractivity contribution is 8.93. The third kappa shape index (κ3) is 1.81. The number of aromatic nitrogens is 1. The van der Waals surface area contributed by atoms with Crippen LogP contribution in [0.5, 0.6) is 5.75 Å². The van der Waals surface area contributed by atoms with Gasteiger partial charge in [-0.2, -0.15) is 0 Å². The molecular formula is C8H9Br2NO. The Kier molecular flexibility index (Phi) is 4.34. The van der Waals surface area contributed by atoms with Gasteiger partial charge in [-0.3, -0.25) is 0 Å². The van der Waals surface area contributed by atoms with E-state index >= 15 is 0 Å². The van der Waals surface area contributed by atoms with E-state index in [1.165, 1.54) is 0 Å². The second-order valence-corrected chi connectivity index (χ2v) is 2.24. The van der Waals surface area contributed by atoms with Crippen LogP contribution in [0.1, 0.15) is 0 Å². The van der Waals surface area contributed by atoms with Gasteiger partial charge in [0.05, 0.1) is 0 Å². The SMILES string of the molecule is Br.Br.Oc1cccc2c[nH]cc12. The molecule has 0 fully saturated rings. The summed E-state index contributed by atoms with van der Waals surface area (Å²) < 4.78 is 0. The molecule has 66 valence electrons. The van der Waals surface area contributed by atoms with Crippen molar-refractivity contribution in [1.29, 1.82) is 0 Å². The molecule has 2 aromatic rings. The van der Waals surface area contributed by atoms with E-state index in [1.807, 2.05) is 18.3 Å². The van der Waals surface area contributed by atoms with E-state index in [1.54, 1.807) is 12.3 Å². The number of halogens is 2. The second-order valence-electron chi connectivity index (χ2n) is 2.24. The van der Waals surface area contributed by atoms with Gasteiger partial charge < -0.3 is 10.1 Å². The minimum Gasteiger partial charge on any atom is -0.507 e. The van der Waals surface area contributed by atoms with Crippen LogP contribution in [-0.4, -0.2) is 10.1 Å². The van der Waals surface area contributed by atoms with E-state index in [4.69, 9.17) is 0 Å². The van der Waals surface area contributed by atoms with Crippen molar-refractivity contribution in [2.45, 2.75) is 0 Å². The van der Waals surface area contributed by atoms with Gasteiger partial charge in [0.1, 0.15) is 5.75 Å². The molecule has 2 N–H and O–H groups in total. The lowest BCUT2D eigenvalue weighted by molar-refractivity contribution is 0.481. The number of fused-ring (bicyclic) bond motifs is 1. The molecule has 12 heavy (non-hydrogen) atoms. The minimum absolute atomic E-state index is 0. The second kappa shape index (κ2) is 4.52. The van der Waals surface area contributed by atoms with Crippen molar-refractivity contribution >= 4 is 44.7 Å². The van der Waals surface area contributed by atoms with Gasteiger partial charge >= 0.3 is 0 Å². The largest absolute Gasteiger partial charge is 0.507 e. The van der Waals surface area contributed by atoms with Crippen LogP contribution < -0.4 is 0 Å². The highest BCUT2D eigenvalue weighted by atomic mass is 79.9. The van der Waals surface area contributed by atoms with E-state index in [9.17, 15) is 5.11 Å². The predicted molar refractivity (Wildman–Crippen MR) is 60.6 cm³/mol. The van der Waals surface area contributed by atoms with Gasteiger partial charge in [-0.25, -0.2) is 0 Å². The highest BCUT2D eigenvalue weighted by Crippen LogP contribution is 2.22. The standard InChI is InChI=1S/C8H7NO.2BrH/c10-8-3-1-2-6-4-9-5-7(6)8;;/h1-5,9-10H;2*1H. The van der Waals surface area contributed by atoms with Crippen molar-refractivity contribution in [2.75, 3.05) is 0 Å². The van der Waals surface area contributed by atoms with Crippen molar-refractivity contribution in [3.8, 4) is 5.75 Å². The number of nitrogens with one attached hydrogen (secondary N) is 1. The topological polar surface area (TPSA) is 36.0 Å². The van der Waals surface area contributed by atoms with Crippen molar-refractivity contribution < 1.29 is 5.11 Å². The van der Waals surface area contributed by atoms with Crippen LogP contribution in [0.3, 0.4) is 0 Å². The summed E-state index contributed by atoms with van der Waals surface area (Å²) in [5.74, 6) is 0.332. The van der Waals surface area contributed by atoms with Gasteiger partial charge in [-0.05, 0) is 6.07 Å². The summed E-state index contributed by atoms with van der Waals surface area (Å²) in [5.41, 5.74) is 0. The van der Waals surface area contributed by atoms with Crippen molar-refractivity contribution in [2.24, 2.45) is 0 Å². The third-order valence-electron chi connectivity index (χ3n) is 1.58. The zero-order valence-electron chi connectivity index (χ0n) is 6.15. The van der Waals surface area contributed by atoms with Crippen molar-refractivity contribution in [3.63, 3.8) is 0 Å². The molecular weight excluding hydrogens is 286 g/mol. The number of aromatic hydroxyl groups is 1. The molecule has 1 aromatic heterocycles. The number of aromatic amines is 1. The summed E-state index contributed by atoms with van der Waals surface area (Å²) in [6, 6.07) is 5.45. The fourth-order valence-electron chi connectivity index (χ4n) is 1.07. The lowest BCUT2D eigenvalue weighted by atomic mass is 10.2. The van der Waals surface area contributed by atoms with Gasteiger partial charge in [0.15, 0.2) is 0 Å². The van der Waals surface area contributed by atoms with Gasteiger partial charge in [0.25, 0.3) is 0 Å². The van der Waals surface area contributed by atoms with Gasteiger partial charge in [0.2, 0.25) is 0 Å². The van der Waals surface area contributed by atoms with Crippen molar-refractivity contribution in [3.05, 3.63) is 30.6 Å². The number of hydrogen-bond acceptors (Lipinski definition) is 1. The quantitative estimate of drug-likeness (QED) is 0.770. The zero-order chi connectivity index (χ0) is 6.97. The van der Waals surface area contributed by atoms with Crippen LogP contribution in [0, 0.1) is 0 Å². The number of benzene rings is 1. The van der Waals surface area contributed by atoms with E-state index in [0.29, 0.717) is 5.75 Å². The monoisotopic (exact) mass is 293 g/mol. The number of rotatable bonds is 0. The molecule has 2 rings (SSSR count). The first kappa shape index (κ1) is 11.5. The lowest BCUT2D eigenvalue weighted by Crippen LogP contribution is -1.63. The lowest BCUT2D eigenvalue weighted by Gasteiger charge is -1.90. The number of H-pyrrole nitrogens is 1. The minimum atomic E-state index is 0. The molecule has 0 atom stereocenters. The molecule has 2 nitrogen and oxygen atoms in total. The van der Waals surface area contributed by atoms with Crippen LogP contribution in [0.25, 0.3) is 10.8 Å². The molecule has 0 unspecified atom stereocenters. The molecule has 0 aliphatic heterocycles. The highest BCUT2D eigenvalue weighted by Gasteiger charge is 1.96. The molecule has 0 saturated carbocycles. The number of hydrogen-bond donors (Lipinski definition) is 2. The summed E-state index contributed by atoms with van der Waals surface area (Å²) in [6.07, 6.45) is 3.64. The normalized spacial score (nSPS) is 8.67. The van der Waals surface area contributed by atoms with Gasteiger partial charge in [-0.15, -0.1) is 34.0 Å². The Hall–Kier alpha value is -0.480. The van der Waals surface area contributed by atoms with Crippen LogP contribution in [0.4, 0.5) is 0 Å². The average Bonchev–Trinajstić information content (AvgIpc) is 2.36. The van der Waals surface area contributed by atoms with E-state index in [-0.39, 0.29) is 34.0 Å². The summed E-state index contributed by atoms with van der Waals surface area (Å²) >= 11 is 0. The van der Waals surface area contributed by atoms with Crippen molar-refractivity contribution in [1.82, 2.24) is 4.98 Å². The zero-order valence-corrected chi connectivity index (χ0v) is 9.58. The third-order valence-corrected chi connectivity index (χ3v) is 1.58. The van der Waals surface area contributed by atoms with E-state index < -0.39 is 0 Å². The molecule has 0 amide bonds. The fraction of sp³-hybridized carbons (Fsp3) is 0. The number of phenolic OH excluding ortho intramolecular Hbond substituents is 1. The molecule has 0 bridgehead atoms. The molecule has 1 heterocycles. The predicted octanol–water partition coefficient (Wildman–Crippen LogP) is 3.03. The van der Waals surface area contributed by atoms with Gasteiger partial charge in [-0.1, -0.05) is 12.1 Å². The fourth-order valence-corrected chi connectivity index (χ4v) is 1.07. The summed E-state index contributed by atoms with van der Waals surface area (Å²) in [4.78, 5) is 2.92. The van der Waals surface area contributed by atoms with Crippen LogP contribution >= 0.6 is 34.0 Å². The molecule has 0 saturated heterocycles. The maximum absolute atomic E-state index is 9.24. The first-order valence-electron chi connectivity index (χ1n) is 3.12. The Balaban J connectivity index is 0.000000605. The van der Waals surface area contributed by atoms with E-state index in [0.717, 1.165) is 10.8 Å². The Morgan fingerprint density at radius 1 is 1.08 bits per heavy atom. The number of phenols is 1. The Bertz CT molecular complexity index is 359. The molecule has 0 spiro atoms. The first-order valence-corrected chi connectivity index (χ1v) is 3.12. The Morgan fingerprint density at radius 2 is 1.83 bits per heavy atom. The maximum atomic E-state index is 9.24. The maximum Gasteiger partial charge on any atom is 0.124 e. The summed E-state index contributed by atoms with van der Waals surface area (Å²) in [7, 11) is 0. The van der Waals surface area contributed by atoms with Crippen LogP contribution in [0.2, 0.25) is 0 Å². The van der Waals surface area contributed by atoms with Gasteiger partial charge in [0, 0.05) is 23.2 Å². The Labute approximate surface area is 91.1 Å². The van der Waals surface area contributed by atoms with Crippen LogP contribution in [0.15, 0.2) is 30.6 Å². The molecule has 4 heteroatoms.